The molecule has 0 saturated heterocycles. The van der Waals surface area contributed by atoms with Crippen molar-refractivity contribution in [2.75, 3.05) is 20.1 Å². The molecule has 0 saturated carbocycles. The second-order valence-electron chi connectivity index (χ2n) is 3.94. The molecule has 0 bridgehead atoms. The third kappa shape index (κ3) is 4.93. The Kier molecular flexibility index (Phi) is 5.23. The van der Waals surface area contributed by atoms with Crippen molar-refractivity contribution in [2.24, 2.45) is 0 Å². The average Bonchev–Trinajstić information content (AvgIpc) is 2.35. The first-order valence-electron chi connectivity index (χ1n) is 5.44. The molecule has 0 aliphatic rings. The van der Waals surface area contributed by atoms with Gasteiger partial charge in [0.2, 0.25) is 10.9 Å². The van der Waals surface area contributed by atoms with Gasteiger partial charge in [-0.1, -0.05) is 0 Å². The van der Waals surface area contributed by atoms with Crippen molar-refractivity contribution in [3.63, 3.8) is 0 Å². The molecule has 11 heteroatoms. The van der Waals surface area contributed by atoms with Crippen molar-refractivity contribution < 1.29 is 30.8 Å². The molecule has 1 aromatic rings. The quantitative estimate of drug-likeness (QED) is 0.799. The number of carbonyl (C=O) groups is 1. The van der Waals surface area contributed by atoms with Crippen LogP contribution in [0.15, 0.2) is 23.4 Å². The summed E-state index contributed by atoms with van der Waals surface area (Å²) in [6.45, 7) is -2.48. The summed E-state index contributed by atoms with van der Waals surface area (Å²) in [4.78, 5) is 14.6. The van der Waals surface area contributed by atoms with Gasteiger partial charge in [0, 0.05) is 13.2 Å². The van der Waals surface area contributed by atoms with Crippen LogP contribution in [-0.2, 0) is 14.8 Å². The summed E-state index contributed by atoms with van der Waals surface area (Å²) >= 11 is 0. The van der Waals surface area contributed by atoms with E-state index in [9.17, 15) is 30.8 Å². The maximum atomic E-state index is 13.4. The topological polar surface area (TPSA) is 79.4 Å². The van der Waals surface area contributed by atoms with Crippen LogP contribution in [0.25, 0.3) is 0 Å². The first-order valence-corrected chi connectivity index (χ1v) is 6.88. The molecule has 1 amide bonds. The molecule has 0 atom stereocenters. The van der Waals surface area contributed by atoms with Crippen molar-refractivity contribution in [1.29, 1.82) is 0 Å². The highest BCUT2D eigenvalue weighted by Crippen LogP contribution is 2.15. The van der Waals surface area contributed by atoms with Gasteiger partial charge < -0.3 is 5.32 Å². The van der Waals surface area contributed by atoms with E-state index in [1.165, 1.54) is 11.4 Å². The fraction of sp³-hybridized carbons (Fsp3) is 0.400. The van der Waals surface area contributed by atoms with Gasteiger partial charge in [-0.15, -0.1) is 0 Å². The first-order chi connectivity index (χ1) is 9.54. The van der Waals surface area contributed by atoms with Gasteiger partial charge in [-0.3, -0.25) is 4.79 Å². The Morgan fingerprint density at radius 1 is 1.43 bits per heavy atom. The smallest absolute Gasteiger partial charge is 0.346 e. The molecule has 0 aromatic carbocycles. The molecule has 0 fully saturated rings. The molecule has 0 unspecified atom stereocenters. The number of nitrogens with zero attached hydrogens (tertiary/aromatic N) is 2. The van der Waals surface area contributed by atoms with Crippen molar-refractivity contribution in [3.8, 4) is 0 Å². The lowest BCUT2D eigenvalue weighted by molar-refractivity contribution is -0.138. The van der Waals surface area contributed by atoms with E-state index in [0.717, 1.165) is 19.3 Å². The summed E-state index contributed by atoms with van der Waals surface area (Å²) in [5.74, 6) is -2.30. The van der Waals surface area contributed by atoms with Crippen molar-refractivity contribution in [2.45, 2.75) is 11.2 Å². The molecule has 6 nitrogen and oxygen atoms in total. The van der Waals surface area contributed by atoms with Crippen LogP contribution in [0.3, 0.4) is 0 Å². The molecule has 21 heavy (non-hydrogen) atoms. The van der Waals surface area contributed by atoms with Crippen molar-refractivity contribution >= 4 is 15.9 Å². The lowest BCUT2D eigenvalue weighted by Crippen LogP contribution is -2.42. The Balaban J connectivity index is 2.77. The average molecular weight is 329 g/mol. The third-order valence-electron chi connectivity index (χ3n) is 2.23. The van der Waals surface area contributed by atoms with E-state index in [1.54, 1.807) is 0 Å². The Morgan fingerprint density at radius 3 is 2.57 bits per heavy atom. The summed E-state index contributed by atoms with van der Waals surface area (Å²) < 4.78 is 73.3. The standard InChI is InChI=1S/C10H11F4N3O3S/c1-17(5-8(18)16-6-10(12,13)14)21(19,20)9-7(11)3-2-4-15-9/h2-4H,5-6H2,1H3,(H,16,18). The molecule has 1 rings (SSSR count). The van der Waals surface area contributed by atoms with E-state index in [1.807, 2.05) is 0 Å². The highest BCUT2D eigenvalue weighted by molar-refractivity contribution is 7.89. The van der Waals surface area contributed by atoms with E-state index in [4.69, 9.17) is 0 Å². The zero-order chi connectivity index (χ0) is 16.3. The molecular weight excluding hydrogens is 318 g/mol. The highest BCUT2D eigenvalue weighted by atomic mass is 32.2. The summed E-state index contributed by atoms with van der Waals surface area (Å²) in [7, 11) is -3.49. The van der Waals surface area contributed by atoms with Crippen LogP contribution >= 0.6 is 0 Å². The number of likely N-dealkylation sites (N-methyl/N-ethyl adjacent to an activating group) is 1. The maximum absolute atomic E-state index is 13.4. The van der Waals surface area contributed by atoms with E-state index in [0.29, 0.717) is 4.31 Å². The van der Waals surface area contributed by atoms with Gasteiger partial charge in [0.1, 0.15) is 6.54 Å². The molecule has 1 aromatic heterocycles. The molecule has 0 aliphatic carbocycles. The number of pyridine rings is 1. The van der Waals surface area contributed by atoms with Crippen LogP contribution in [0.1, 0.15) is 0 Å². The van der Waals surface area contributed by atoms with Crippen molar-refractivity contribution in [3.05, 3.63) is 24.1 Å². The van der Waals surface area contributed by atoms with Gasteiger partial charge >= 0.3 is 6.18 Å². The largest absolute Gasteiger partial charge is 0.405 e. The molecule has 1 N–H and O–H groups in total. The van der Waals surface area contributed by atoms with E-state index < -0.39 is 46.0 Å². The molecule has 1 heterocycles. The monoisotopic (exact) mass is 329 g/mol. The van der Waals surface area contributed by atoms with Gasteiger partial charge in [-0.25, -0.2) is 17.8 Å². The Bertz CT molecular complexity index is 618. The van der Waals surface area contributed by atoms with Crippen LogP contribution in [0.4, 0.5) is 17.6 Å². The van der Waals surface area contributed by atoms with Crippen molar-refractivity contribution in [1.82, 2.24) is 14.6 Å². The van der Waals surface area contributed by atoms with Crippen LogP contribution in [-0.4, -0.2) is 49.9 Å². The number of alkyl halides is 3. The summed E-state index contributed by atoms with van der Waals surface area (Å²) in [5, 5.41) is 0.601. The minimum absolute atomic E-state index is 0.407. The summed E-state index contributed by atoms with van der Waals surface area (Å²) in [5.41, 5.74) is 0. The number of amides is 1. The lowest BCUT2D eigenvalue weighted by atomic mass is 10.5. The number of hydrogen-bond donors (Lipinski definition) is 1. The lowest BCUT2D eigenvalue weighted by Gasteiger charge is -2.16. The van der Waals surface area contributed by atoms with E-state index in [-0.39, 0.29) is 0 Å². The number of hydrogen-bond acceptors (Lipinski definition) is 4. The van der Waals surface area contributed by atoms with E-state index in [2.05, 4.69) is 4.98 Å². The molecule has 0 radical (unpaired) electrons. The molecule has 118 valence electrons. The first kappa shape index (κ1) is 17.3. The summed E-state index contributed by atoms with van der Waals surface area (Å²) in [6.07, 6.45) is -3.58. The van der Waals surface area contributed by atoms with Gasteiger partial charge in [-0.2, -0.15) is 17.5 Å². The molecule has 0 aliphatic heterocycles. The van der Waals surface area contributed by atoms with E-state index >= 15 is 0 Å². The van der Waals surface area contributed by atoms with Gasteiger partial charge in [-0.05, 0) is 12.1 Å². The number of sulfonamides is 1. The van der Waals surface area contributed by atoms with Crippen LogP contribution < -0.4 is 5.32 Å². The minimum Gasteiger partial charge on any atom is -0.346 e. The maximum Gasteiger partial charge on any atom is 0.405 e. The van der Waals surface area contributed by atoms with Crippen LogP contribution in [0.2, 0.25) is 0 Å². The third-order valence-corrected chi connectivity index (χ3v) is 3.97. The number of halogens is 4. The number of rotatable bonds is 5. The molecule has 0 spiro atoms. The van der Waals surface area contributed by atoms with Gasteiger partial charge in [0.25, 0.3) is 10.0 Å². The predicted molar refractivity (Wildman–Crippen MR) is 63.1 cm³/mol. The highest BCUT2D eigenvalue weighted by Gasteiger charge is 2.30. The Hall–Kier alpha value is -1.75. The van der Waals surface area contributed by atoms with Crippen LogP contribution in [0.5, 0.6) is 0 Å². The fourth-order valence-electron chi connectivity index (χ4n) is 1.25. The second kappa shape index (κ2) is 6.35. The number of aromatic nitrogens is 1. The predicted octanol–water partition coefficient (Wildman–Crippen LogP) is 0.520. The zero-order valence-electron chi connectivity index (χ0n) is 10.7. The fourth-order valence-corrected chi connectivity index (χ4v) is 2.34. The van der Waals surface area contributed by atoms with Gasteiger partial charge in [0.15, 0.2) is 5.82 Å². The molecular formula is C10H11F4N3O3S. The SMILES string of the molecule is CN(CC(=O)NCC(F)(F)F)S(=O)(=O)c1ncccc1F. The van der Waals surface area contributed by atoms with Gasteiger partial charge in [0.05, 0.1) is 6.54 Å². The Labute approximate surface area is 117 Å². The number of carbonyl (C=O) groups excluding carboxylic acids is 1. The second-order valence-corrected chi connectivity index (χ2v) is 5.90. The zero-order valence-corrected chi connectivity index (χ0v) is 11.5. The number of nitrogens with one attached hydrogen (secondary N) is 1. The minimum atomic E-state index is -4.61. The summed E-state index contributed by atoms with van der Waals surface area (Å²) in [6, 6.07) is 2.03. The normalized spacial score (nSPS) is 12.5. The Morgan fingerprint density at radius 2 is 2.05 bits per heavy atom. The van der Waals surface area contributed by atoms with Crippen LogP contribution in [0, 0.1) is 5.82 Å².